The highest BCUT2D eigenvalue weighted by molar-refractivity contribution is 9.10. The monoisotopic (exact) mass is 230 g/mol. The van der Waals surface area contributed by atoms with E-state index in [9.17, 15) is 4.39 Å². The molecule has 12 heavy (non-hydrogen) atoms. The molecule has 64 valence electrons. The molecule has 0 atom stereocenters. The molecule has 0 fully saturated rings. The Morgan fingerprint density at radius 3 is 2.75 bits per heavy atom. The lowest BCUT2D eigenvalue weighted by atomic mass is 10.2. The number of methoxy groups -OCH3 is 1. The standard InChI is InChI=1S/C9H8BrFO/c1-6(11)8-5-7(10)3-4-9(8)12-2/h3-5H,1H2,2H3. The van der Waals surface area contributed by atoms with Gasteiger partial charge in [0.05, 0.1) is 12.7 Å². The molecule has 0 heterocycles. The summed E-state index contributed by atoms with van der Waals surface area (Å²) in [6.07, 6.45) is 0. The topological polar surface area (TPSA) is 9.23 Å². The summed E-state index contributed by atoms with van der Waals surface area (Å²) in [6.45, 7) is 3.21. The van der Waals surface area contributed by atoms with Gasteiger partial charge in [0.1, 0.15) is 11.6 Å². The lowest BCUT2D eigenvalue weighted by molar-refractivity contribution is 0.412. The normalized spacial score (nSPS) is 9.58. The molecule has 1 aromatic carbocycles. The smallest absolute Gasteiger partial charge is 0.129 e. The molecular weight excluding hydrogens is 223 g/mol. The molecule has 1 aromatic rings. The first kappa shape index (κ1) is 9.26. The Morgan fingerprint density at radius 2 is 2.25 bits per heavy atom. The van der Waals surface area contributed by atoms with Crippen molar-refractivity contribution >= 4 is 21.8 Å². The van der Waals surface area contributed by atoms with Crippen molar-refractivity contribution in [2.75, 3.05) is 7.11 Å². The SMILES string of the molecule is C=C(F)c1cc(Br)ccc1OC. The Bertz CT molecular complexity index is 309. The van der Waals surface area contributed by atoms with Gasteiger partial charge in [-0.1, -0.05) is 22.5 Å². The summed E-state index contributed by atoms with van der Waals surface area (Å²) in [5.41, 5.74) is 0.381. The van der Waals surface area contributed by atoms with Gasteiger partial charge in [-0.05, 0) is 18.2 Å². The van der Waals surface area contributed by atoms with Crippen molar-refractivity contribution in [3.63, 3.8) is 0 Å². The highest BCUT2D eigenvalue weighted by atomic mass is 79.9. The molecule has 0 bridgehead atoms. The third-order valence-corrected chi connectivity index (χ3v) is 1.95. The molecule has 0 aliphatic carbocycles. The zero-order valence-corrected chi connectivity index (χ0v) is 8.19. The van der Waals surface area contributed by atoms with Crippen LogP contribution in [0.1, 0.15) is 5.56 Å². The van der Waals surface area contributed by atoms with Crippen molar-refractivity contribution in [3.05, 3.63) is 34.8 Å². The van der Waals surface area contributed by atoms with Crippen LogP contribution in [0.4, 0.5) is 4.39 Å². The van der Waals surface area contributed by atoms with E-state index in [1.807, 2.05) is 0 Å². The van der Waals surface area contributed by atoms with E-state index < -0.39 is 5.83 Å². The van der Waals surface area contributed by atoms with Gasteiger partial charge in [-0.2, -0.15) is 0 Å². The van der Waals surface area contributed by atoms with E-state index in [1.54, 1.807) is 18.2 Å². The van der Waals surface area contributed by atoms with Crippen LogP contribution in [0.2, 0.25) is 0 Å². The molecule has 0 unspecified atom stereocenters. The Morgan fingerprint density at radius 1 is 1.58 bits per heavy atom. The van der Waals surface area contributed by atoms with Gasteiger partial charge in [0, 0.05) is 4.47 Å². The highest BCUT2D eigenvalue weighted by Gasteiger charge is 2.05. The molecule has 0 aliphatic rings. The summed E-state index contributed by atoms with van der Waals surface area (Å²) in [5, 5.41) is 0. The van der Waals surface area contributed by atoms with Crippen molar-refractivity contribution < 1.29 is 9.13 Å². The van der Waals surface area contributed by atoms with Crippen LogP contribution in [0.3, 0.4) is 0 Å². The first-order valence-electron chi connectivity index (χ1n) is 3.33. The Kier molecular flexibility index (Phi) is 2.87. The maximum atomic E-state index is 12.8. The quantitative estimate of drug-likeness (QED) is 0.757. The molecule has 0 spiro atoms. The van der Waals surface area contributed by atoms with E-state index in [0.717, 1.165) is 4.47 Å². The zero-order valence-electron chi connectivity index (χ0n) is 6.60. The van der Waals surface area contributed by atoms with E-state index in [2.05, 4.69) is 22.5 Å². The number of hydrogen-bond acceptors (Lipinski definition) is 1. The van der Waals surface area contributed by atoms with Gasteiger partial charge in [-0.15, -0.1) is 0 Å². The van der Waals surface area contributed by atoms with E-state index in [0.29, 0.717) is 11.3 Å². The average molecular weight is 231 g/mol. The fourth-order valence-corrected chi connectivity index (χ4v) is 1.25. The van der Waals surface area contributed by atoms with Gasteiger partial charge >= 0.3 is 0 Å². The lowest BCUT2D eigenvalue weighted by Gasteiger charge is -2.05. The molecule has 0 saturated carbocycles. The van der Waals surface area contributed by atoms with Crippen molar-refractivity contribution in [2.24, 2.45) is 0 Å². The van der Waals surface area contributed by atoms with Crippen LogP contribution >= 0.6 is 15.9 Å². The minimum Gasteiger partial charge on any atom is -0.496 e. The van der Waals surface area contributed by atoms with Gasteiger partial charge in [-0.3, -0.25) is 0 Å². The fraction of sp³-hybridized carbons (Fsp3) is 0.111. The minimum absolute atomic E-state index is 0.381. The Labute approximate surface area is 79.0 Å². The summed E-state index contributed by atoms with van der Waals surface area (Å²) < 4.78 is 18.5. The lowest BCUT2D eigenvalue weighted by Crippen LogP contribution is -1.88. The van der Waals surface area contributed by atoms with Crippen LogP contribution in [0.15, 0.2) is 29.3 Å². The summed E-state index contributed by atoms with van der Waals surface area (Å²) in [5.74, 6) is -0.00106. The zero-order chi connectivity index (χ0) is 9.14. The number of ether oxygens (including phenoxy) is 1. The van der Waals surface area contributed by atoms with Crippen molar-refractivity contribution in [3.8, 4) is 5.75 Å². The van der Waals surface area contributed by atoms with Gasteiger partial charge in [0.2, 0.25) is 0 Å². The molecule has 1 nitrogen and oxygen atoms in total. The van der Waals surface area contributed by atoms with Crippen LogP contribution in [0, 0.1) is 0 Å². The van der Waals surface area contributed by atoms with Gasteiger partial charge in [0.15, 0.2) is 0 Å². The number of rotatable bonds is 2. The number of benzene rings is 1. The van der Waals surface area contributed by atoms with E-state index in [4.69, 9.17) is 4.74 Å². The third kappa shape index (κ3) is 1.85. The van der Waals surface area contributed by atoms with Gasteiger partial charge in [-0.25, -0.2) is 4.39 Å². The molecule has 3 heteroatoms. The summed E-state index contributed by atoms with van der Waals surface area (Å²) >= 11 is 3.23. The highest BCUT2D eigenvalue weighted by Crippen LogP contribution is 2.28. The molecule has 1 rings (SSSR count). The van der Waals surface area contributed by atoms with Crippen LogP contribution in [-0.2, 0) is 0 Å². The first-order chi connectivity index (χ1) is 5.65. The first-order valence-corrected chi connectivity index (χ1v) is 4.12. The predicted octanol–water partition coefficient (Wildman–Crippen LogP) is 3.40. The summed E-state index contributed by atoms with van der Waals surface area (Å²) in [4.78, 5) is 0. The van der Waals surface area contributed by atoms with Crippen LogP contribution in [-0.4, -0.2) is 7.11 Å². The molecule has 0 aliphatic heterocycles. The molecule has 0 amide bonds. The van der Waals surface area contributed by atoms with Crippen molar-refractivity contribution in [2.45, 2.75) is 0 Å². The Balaban J connectivity index is 3.21. The van der Waals surface area contributed by atoms with Gasteiger partial charge < -0.3 is 4.74 Å². The van der Waals surface area contributed by atoms with E-state index in [1.165, 1.54) is 7.11 Å². The third-order valence-electron chi connectivity index (χ3n) is 1.45. The molecule has 0 N–H and O–H groups in total. The predicted molar refractivity (Wildman–Crippen MR) is 50.8 cm³/mol. The number of hydrogen-bond donors (Lipinski definition) is 0. The van der Waals surface area contributed by atoms with Gasteiger partial charge in [0.25, 0.3) is 0 Å². The maximum Gasteiger partial charge on any atom is 0.129 e. The average Bonchev–Trinajstić information content (AvgIpc) is 2.04. The van der Waals surface area contributed by atoms with Crippen LogP contribution in [0.25, 0.3) is 5.83 Å². The molecule has 0 saturated heterocycles. The number of halogens is 2. The molecule has 0 aromatic heterocycles. The molecule has 0 radical (unpaired) electrons. The second kappa shape index (κ2) is 3.72. The molecular formula is C9H8BrFO. The summed E-state index contributed by atoms with van der Waals surface area (Å²) in [6, 6.07) is 5.09. The maximum absolute atomic E-state index is 12.8. The van der Waals surface area contributed by atoms with Crippen molar-refractivity contribution in [1.29, 1.82) is 0 Å². The minimum atomic E-state index is -0.492. The van der Waals surface area contributed by atoms with Crippen molar-refractivity contribution in [1.82, 2.24) is 0 Å². The largest absolute Gasteiger partial charge is 0.496 e. The second-order valence-electron chi connectivity index (χ2n) is 2.25. The van der Waals surface area contributed by atoms with Crippen LogP contribution < -0.4 is 4.74 Å². The second-order valence-corrected chi connectivity index (χ2v) is 3.17. The van der Waals surface area contributed by atoms with E-state index in [-0.39, 0.29) is 0 Å². The van der Waals surface area contributed by atoms with E-state index >= 15 is 0 Å². The van der Waals surface area contributed by atoms with Crippen LogP contribution in [0.5, 0.6) is 5.75 Å². The summed E-state index contributed by atoms with van der Waals surface area (Å²) in [7, 11) is 1.50. The fourth-order valence-electron chi connectivity index (χ4n) is 0.892. The Hall–Kier alpha value is -0.830.